The average molecular weight is 313 g/mol. The summed E-state index contributed by atoms with van der Waals surface area (Å²) >= 11 is 6.30. The molecular weight excluding hydrogens is 291 g/mol. The second-order valence-electron chi connectivity index (χ2n) is 5.60. The van der Waals surface area contributed by atoms with Crippen LogP contribution in [0.15, 0.2) is 12.1 Å². The highest BCUT2D eigenvalue weighted by molar-refractivity contribution is 6.20. The number of nitrogens with zero attached hydrogens (tertiary/aromatic N) is 2. The normalized spacial score (nSPS) is 13.7. The zero-order valence-corrected chi connectivity index (χ0v) is 14.0. The Hall–Kier alpha value is -1.29. The standard InChI is InChI=1S/C16H22ClFN2O/c1-6-16(4,7-2)20-13-9-14(21-5)11(18)8-12(13)19-15(20)10(3)17/h8-10H,6-7H2,1-5H3. The summed E-state index contributed by atoms with van der Waals surface area (Å²) in [5.74, 6) is 0.593. The lowest BCUT2D eigenvalue weighted by atomic mass is 9.94. The van der Waals surface area contributed by atoms with Crippen LogP contribution in [0.1, 0.15) is 51.7 Å². The van der Waals surface area contributed by atoms with Gasteiger partial charge >= 0.3 is 0 Å². The Morgan fingerprint density at radius 1 is 1.38 bits per heavy atom. The Bertz CT molecular complexity index is 647. The van der Waals surface area contributed by atoms with Crippen molar-refractivity contribution in [2.75, 3.05) is 7.11 Å². The van der Waals surface area contributed by atoms with Crippen molar-refractivity contribution in [1.82, 2.24) is 9.55 Å². The van der Waals surface area contributed by atoms with Gasteiger partial charge in [-0.15, -0.1) is 11.6 Å². The van der Waals surface area contributed by atoms with Crippen LogP contribution in [0.3, 0.4) is 0 Å². The zero-order valence-electron chi connectivity index (χ0n) is 13.2. The molecule has 21 heavy (non-hydrogen) atoms. The van der Waals surface area contributed by atoms with Gasteiger partial charge in [0, 0.05) is 17.7 Å². The molecule has 5 heteroatoms. The van der Waals surface area contributed by atoms with Gasteiger partial charge in [0.25, 0.3) is 0 Å². The largest absolute Gasteiger partial charge is 0.494 e. The summed E-state index contributed by atoms with van der Waals surface area (Å²) in [5, 5.41) is -0.246. The summed E-state index contributed by atoms with van der Waals surface area (Å²) in [7, 11) is 1.47. The quantitative estimate of drug-likeness (QED) is 0.725. The lowest BCUT2D eigenvalue weighted by Crippen LogP contribution is -2.30. The smallest absolute Gasteiger partial charge is 0.167 e. The molecule has 3 nitrogen and oxygen atoms in total. The van der Waals surface area contributed by atoms with Crippen LogP contribution in [0.2, 0.25) is 0 Å². The minimum Gasteiger partial charge on any atom is -0.494 e. The summed E-state index contributed by atoms with van der Waals surface area (Å²) in [5.41, 5.74) is 1.36. The molecule has 0 saturated heterocycles. The molecule has 0 aliphatic heterocycles. The molecule has 1 aromatic carbocycles. The number of benzene rings is 1. The molecule has 2 rings (SSSR count). The van der Waals surface area contributed by atoms with E-state index in [0.717, 1.165) is 24.2 Å². The molecule has 0 N–H and O–H groups in total. The van der Waals surface area contributed by atoms with Gasteiger partial charge in [-0.05, 0) is 26.7 Å². The van der Waals surface area contributed by atoms with Crippen molar-refractivity contribution in [2.45, 2.75) is 51.5 Å². The first-order chi connectivity index (χ1) is 9.87. The fourth-order valence-corrected chi connectivity index (χ4v) is 2.80. The number of imidazole rings is 1. The molecule has 0 saturated carbocycles. The van der Waals surface area contributed by atoms with Crippen molar-refractivity contribution in [3.63, 3.8) is 0 Å². The predicted octanol–water partition coefficient (Wildman–Crippen LogP) is 5.02. The Morgan fingerprint density at radius 2 is 2.00 bits per heavy atom. The van der Waals surface area contributed by atoms with Crippen molar-refractivity contribution in [2.24, 2.45) is 0 Å². The van der Waals surface area contributed by atoms with E-state index in [1.54, 1.807) is 6.07 Å². The highest BCUT2D eigenvalue weighted by atomic mass is 35.5. The molecule has 1 aromatic heterocycles. The molecule has 0 aliphatic carbocycles. The molecule has 0 aliphatic rings. The lowest BCUT2D eigenvalue weighted by Gasteiger charge is -2.32. The third kappa shape index (κ3) is 2.61. The lowest BCUT2D eigenvalue weighted by molar-refractivity contribution is 0.293. The molecule has 1 atom stereocenters. The number of fused-ring (bicyclic) bond motifs is 1. The van der Waals surface area contributed by atoms with E-state index in [0.29, 0.717) is 5.52 Å². The highest BCUT2D eigenvalue weighted by Crippen LogP contribution is 2.36. The summed E-state index contributed by atoms with van der Waals surface area (Å²) < 4.78 is 21.2. The number of halogens is 2. The number of ether oxygens (including phenoxy) is 1. The van der Waals surface area contributed by atoms with Gasteiger partial charge in [0.2, 0.25) is 0 Å². The second-order valence-corrected chi connectivity index (χ2v) is 6.26. The molecule has 116 valence electrons. The first-order valence-electron chi connectivity index (χ1n) is 7.28. The molecule has 0 amide bonds. The molecule has 2 aromatic rings. The molecule has 0 bridgehead atoms. The van der Waals surface area contributed by atoms with Gasteiger partial charge in [0.1, 0.15) is 5.82 Å². The molecule has 0 radical (unpaired) electrons. The van der Waals surface area contributed by atoms with Gasteiger partial charge in [0.15, 0.2) is 11.6 Å². The predicted molar refractivity (Wildman–Crippen MR) is 84.7 cm³/mol. The van der Waals surface area contributed by atoms with Gasteiger partial charge in [-0.3, -0.25) is 0 Å². The van der Waals surface area contributed by atoms with E-state index in [2.05, 4.69) is 30.3 Å². The fourth-order valence-electron chi connectivity index (χ4n) is 2.65. The van der Waals surface area contributed by atoms with Gasteiger partial charge < -0.3 is 9.30 Å². The minimum absolute atomic E-state index is 0.115. The van der Waals surface area contributed by atoms with Crippen LogP contribution < -0.4 is 4.74 Å². The van der Waals surface area contributed by atoms with E-state index in [1.165, 1.54) is 13.2 Å². The second kappa shape index (κ2) is 5.84. The summed E-state index contributed by atoms with van der Waals surface area (Å²) in [6.45, 7) is 8.34. The van der Waals surface area contributed by atoms with Crippen LogP contribution in [0, 0.1) is 5.82 Å². The monoisotopic (exact) mass is 312 g/mol. The van der Waals surface area contributed by atoms with E-state index < -0.39 is 5.82 Å². The van der Waals surface area contributed by atoms with E-state index in [-0.39, 0.29) is 16.7 Å². The number of hydrogen-bond donors (Lipinski definition) is 0. The Kier molecular flexibility index (Phi) is 4.47. The SMILES string of the molecule is CCC(C)(CC)n1c(C(C)Cl)nc2cc(F)c(OC)cc21. The average Bonchev–Trinajstić information content (AvgIpc) is 2.84. The maximum absolute atomic E-state index is 13.9. The topological polar surface area (TPSA) is 27.1 Å². The maximum Gasteiger partial charge on any atom is 0.167 e. The van der Waals surface area contributed by atoms with Crippen molar-refractivity contribution in [3.05, 3.63) is 23.8 Å². The third-order valence-electron chi connectivity index (χ3n) is 4.37. The number of rotatable bonds is 5. The van der Waals surface area contributed by atoms with Crippen molar-refractivity contribution in [1.29, 1.82) is 0 Å². The number of methoxy groups -OCH3 is 1. The minimum atomic E-state index is -0.405. The van der Waals surface area contributed by atoms with E-state index in [9.17, 15) is 4.39 Å². The van der Waals surface area contributed by atoms with Crippen LogP contribution in [-0.2, 0) is 5.54 Å². The van der Waals surface area contributed by atoms with Crippen LogP contribution in [0.5, 0.6) is 5.75 Å². The summed E-state index contributed by atoms with van der Waals surface area (Å²) in [6.07, 6.45) is 1.87. The van der Waals surface area contributed by atoms with Crippen molar-refractivity contribution < 1.29 is 9.13 Å². The summed E-state index contributed by atoms with van der Waals surface area (Å²) in [4.78, 5) is 4.55. The van der Waals surface area contributed by atoms with Crippen LogP contribution in [0.4, 0.5) is 4.39 Å². The van der Waals surface area contributed by atoms with Gasteiger partial charge in [0.05, 0.1) is 23.5 Å². The molecule has 1 unspecified atom stereocenters. The van der Waals surface area contributed by atoms with Gasteiger partial charge in [-0.1, -0.05) is 13.8 Å². The van der Waals surface area contributed by atoms with Crippen molar-refractivity contribution >= 4 is 22.6 Å². The summed E-state index contributed by atoms with van der Waals surface area (Å²) in [6, 6.07) is 3.13. The van der Waals surface area contributed by atoms with Crippen molar-refractivity contribution in [3.8, 4) is 5.75 Å². The Morgan fingerprint density at radius 3 is 2.48 bits per heavy atom. The first kappa shape index (κ1) is 16.1. The molecular formula is C16H22ClFN2O. The maximum atomic E-state index is 13.9. The fraction of sp³-hybridized carbons (Fsp3) is 0.562. The van der Waals surface area contributed by atoms with Crippen LogP contribution in [0.25, 0.3) is 11.0 Å². The molecule has 0 spiro atoms. The highest BCUT2D eigenvalue weighted by Gasteiger charge is 2.29. The Balaban J connectivity index is 2.84. The number of aromatic nitrogens is 2. The Labute approximate surface area is 130 Å². The van der Waals surface area contributed by atoms with Gasteiger partial charge in [-0.25, -0.2) is 9.37 Å². The van der Waals surface area contributed by atoms with Crippen LogP contribution >= 0.6 is 11.6 Å². The number of alkyl halides is 1. The molecule has 1 heterocycles. The van der Waals surface area contributed by atoms with E-state index in [1.807, 2.05) is 6.92 Å². The zero-order chi connectivity index (χ0) is 15.8. The third-order valence-corrected chi connectivity index (χ3v) is 4.57. The van der Waals surface area contributed by atoms with E-state index in [4.69, 9.17) is 16.3 Å². The van der Waals surface area contributed by atoms with E-state index >= 15 is 0 Å². The van der Waals surface area contributed by atoms with Crippen LogP contribution in [-0.4, -0.2) is 16.7 Å². The molecule has 0 fully saturated rings. The van der Waals surface area contributed by atoms with Gasteiger partial charge in [-0.2, -0.15) is 0 Å². The number of hydrogen-bond acceptors (Lipinski definition) is 2. The first-order valence-corrected chi connectivity index (χ1v) is 7.72.